The monoisotopic (exact) mass is 988 g/mol. The first-order chi connectivity index (χ1) is 35.4. The van der Waals surface area contributed by atoms with Gasteiger partial charge in [-0.05, 0) is 48.5 Å². The molecule has 8 nitrogen and oxygen atoms in total. The summed E-state index contributed by atoms with van der Waals surface area (Å²) in [6, 6.07) is 70.4. The molecule has 72 heavy (non-hydrogen) atoms. The first kappa shape index (κ1) is 47.1. The predicted octanol–water partition coefficient (Wildman–Crippen LogP) is 13.0. The Labute approximate surface area is 426 Å². The fourth-order valence-corrected chi connectivity index (χ4v) is 12.7. The lowest BCUT2D eigenvalue weighted by molar-refractivity contribution is 1.46. The van der Waals surface area contributed by atoms with Crippen LogP contribution in [-0.2, 0) is 0 Å². The molecule has 4 heterocycles. The number of fused-ring (bicyclic) bond motifs is 14. The standard InChI is InChI=1S/2C18H10S2.2C12H4N4/c2*1-3-7-13-11(5-1)17-15(19-13)9-10-16-18(17)12-6-2-4-8-14(12)20-16;2*13-5-11(6-14)9-1-2-10(4-3-9)12(7-15)8-16/h2*1-10H;2*1-4H. The zero-order chi connectivity index (χ0) is 50.1. The second-order valence-electron chi connectivity index (χ2n) is 15.6. The quantitative estimate of drug-likeness (QED) is 0.143. The Morgan fingerprint density at radius 1 is 0.222 bits per heavy atom. The van der Waals surface area contributed by atoms with Crippen LogP contribution < -0.4 is 20.9 Å². The van der Waals surface area contributed by atoms with Crippen LogP contribution in [0.5, 0.6) is 0 Å². The van der Waals surface area contributed by atoms with Crippen LogP contribution in [0.15, 0.2) is 170 Å². The van der Waals surface area contributed by atoms with Gasteiger partial charge in [-0.1, -0.05) is 121 Å². The maximum atomic E-state index is 8.63. The van der Waals surface area contributed by atoms with E-state index in [0.717, 1.165) is 0 Å². The summed E-state index contributed by atoms with van der Waals surface area (Å²) in [5.41, 5.74) is 0.00746. The van der Waals surface area contributed by atoms with E-state index in [1.807, 2.05) is 45.3 Å². The third-order valence-electron chi connectivity index (χ3n) is 11.6. The zero-order valence-electron chi connectivity index (χ0n) is 37.4. The maximum absolute atomic E-state index is 8.63. The summed E-state index contributed by atoms with van der Waals surface area (Å²) < 4.78 is 11.1. The van der Waals surface area contributed by atoms with Gasteiger partial charge >= 0.3 is 0 Å². The molecular formula is C60H28N8S4. The topological polar surface area (TPSA) is 190 Å². The molecule has 332 valence electrons. The summed E-state index contributed by atoms with van der Waals surface area (Å²) in [6.07, 6.45) is 0. The van der Waals surface area contributed by atoms with E-state index in [-0.39, 0.29) is 22.3 Å². The first-order valence-corrected chi connectivity index (χ1v) is 25.0. The van der Waals surface area contributed by atoms with Gasteiger partial charge in [0.25, 0.3) is 0 Å². The zero-order valence-corrected chi connectivity index (χ0v) is 40.6. The molecule has 0 unspecified atom stereocenters. The number of benzene rings is 8. The molecule has 4 aromatic heterocycles. The number of hydrogen-bond acceptors (Lipinski definition) is 12. The van der Waals surface area contributed by atoms with Crippen molar-refractivity contribution < 1.29 is 0 Å². The van der Waals surface area contributed by atoms with E-state index in [1.165, 1.54) is 129 Å². The predicted molar refractivity (Wildman–Crippen MR) is 294 cm³/mol. The highest BCUT2D eigenvalue weighted by molar-refractivity contribution is 7.28. The second-order valence-corrected chi connectivity index (χ2v) is 19.9. The minimum absolute atomic E-state index is 0.00187. The average molecular weight is 989 g/mol. The molecule has 0 saturated carbocycles. The van der Waals surface area contributed by atoms with Gasteiger partial charge in [-0.25, -0.2) is 0 Å². The van der Waals surface area contributed by atoms with E-state index >= 15 is 0 Å². The van der Waals surface area contributed by atoms with Crippen LogP contribution in [0.4, 0.5) is 0 Å². The van der Waals surface area contributed by atoms with Gasteiger partial charge in [-0.15, -0.1) is 45.3 Å². The van der Waals surface area contributed by atoms with Gasteiger partial charge in [-0.3, -0.25) is 0 Å². The van der Waals surface area contributed by atoms with Crippen LogP contribution in [-0.4, -0.2) is 0 Å². The highest BCUT2D eigenvalue weighted by Crippen LogP contribution is 2.45. The lowest BCUT2D eigenvalue weighted by atomic mass is 10.1. The molecular weight excluding hydrogens is 961 g/mol. The summed E-state index contributed by atoms with van der Waals surface area (Å²) in [5.74, 6) is 0. The molecule has 0 amide bonds. The summed E-state index contributed by atoms with van der Waals surface area (Å²) in [4.78, 5) is 0. The van der Waals surface area contributed by atoms with Crippen molar-refractivity contribution in [2.75, 3.05) is 0 Å². The van der Waals surface area contributed by atoms with Gasteiger partial charge < -0.3 is 0 Å². The van der Waals surface area contributed by atoms with Crippen molar-refractivity contribution in [2.45, 2.75) is 0 Å². The summed E-state index contributed by atoms with van der Waals surface area (Å²) in [6.45, 7) is 0. The summed E-state index contributed by atoms with van der Waals surface area (Å²) in [5, 5.41) is 82.2. The van der Waals surface area contributed by atoms with Crippen LogP contribution in [0.2, 0.25) is 0 Å². The molecule has 0 fully saturated rings. The Bertz CT molecular complexity index is 4100. The molecule has 0 saturated heterocycles. The maximum Gasteiger partial charge on any atom is 0.136 e. The summed E-state index contributed by atoms with van der Waals surface area (Å²) in [7, 11) is 0. The van der Waals surface area contributed by atoms with E-state index in [9.17, 15) is 0 Å². The Kier molecular flexibility index (Phi) is 13.8. The number of hydrogen-bond donors (Lipinski definition) is 0. The number of rotatable bonds is 0. The molecule has 0 atom stereocenters. The minimum Gasteiger partial charge on any atom is -0.192 e. The van der Waals surface area contributed by atoms with Crippen LogP contribution in [0.3, 0.4) is 0 Å². The lowest BCUT2D eigenvalue weighted by Crippen LogP contribution is -2.11. The summed E-state index contributed by atoms with van der Waals surface area (Å²) >= 11 is 7.57. The fourth-order valence-electron chi connectivity index (χ4n) is 8.28. The van der Waals surface area contributed by atoms with Crippen molar-refractivity contribution in [3.05, 3.63) is 191 Å². The van der Waals surface area contributed by atoms with Crippen LogP contribution in [0.25, 0.3) is 103 Å². The smallest absolute Gasteiger partial charge is 0.136 e. The highest BCUT2D eigenvalue weighted by Gasteiger charge is 2.14. The molecule has 12 aromatic rings. The van der Waals surface area contributed by atoms with Crippen molar-refractivity contribution in [1.29, 1.82) is 42.1 Å². The molecule has 0 N–H and O–H groups in total. The van der Waals surface area contributed by atoms with Gasteiger partial charge in [-0.2, -0.15) is 42.1 Å². The van der Waals surface area contributed by atoms with Gasteiger partial charge in [0.05, 0.1) is 0 Å². The van der Waals surface area contributed by atoms with Crippen molar-refractivity contribution >= 4 is 148 Å². The Hall–Kier alpha value is -9.96. The molecule has 12 heteroatoms. The first-order valence-electron chi connectivity index (χ1n) is 21.7. The van der Waals surface area contributed by atoms with E-state index in [2.05, 4.69) is 121 Å². The molecule has 0 aliphatic carbocycles. The van der Waals surface area contributed by atoms with Crippen molar-refractivity contribution in [1.82, 2.24) is 0 Å². The normalized spacial score (nSPS) is 10.1. The lowest BCUT2D eigenvalue weighted by Gasteiger charge is -1.96. The van der Waals surface area contributed by atoms with E-state index in [4.69, 9.17) is 42.1 Å². The highest BCUT2D eigenvalue weighted by atomic mass is 32.1. The van der Waals surface area contributed by atoms with E-state index in [1.54, 1.807) is 48.6 Å². The Balaban J connectivity index is 0.000000120. The van der Waals surface area contributed by atoms with Gasteiger partial charge in [0, 0.05) is 102 Å². The van der Waals surface area contributed by atoms with Crippen molar-refractivity contribution in [3.63, 3.8) is 0 Å². The Morgan fingerprint density at radius 3 is 0.583 bits per heavy atom. The van der Waals surface area contributed by atoms with Crippen LogP contribution in [0.1, 0.15) is 0 Å². The van der Waals surface area contributed by atoms with Crippen molar-refractivity contribution in [2.24, 2.45) is 0 Å². The van der Waals surface area contributed by atoms with Gasteiger partial charge in [0.2, 0.25) is 0 Å². The molecule has 12 rings (SSSR count). The SMILES string of the molecule is N#CC(C#N)=c1ccc(=C(C#N)C#N)cc1.N#CC(C#N)=c1ccc(=C(C#N)C#N)cc1.c1ccc2c(c1)sc1ccc3sc4ccccc4c3c12.c1ccc2c(c1)sc1ccc3sc4ccccc4c3c12. The fraction of sp³-hybridized carbons (Fsp3) is 0. The van der Waals surface area contributed by atoms with Crippen LogP contribution in [0, 0.1) is 90.6 Å². The largest absolute Gasteiger partial charge is 0.192 e. The molecule has 8 aromatic carbocycles. The molecule has 0 radical (unpaired) electrons. The van der Waals surface area contributed by atoms with Crippen LogP contribution >= 0.6 is 45.3 Å². The average Bonchev–Trinajstić information content (AvgIpc) is 4.21. The van der Waals surface area contributed by atoms with Crippen molar-refractivity contribution in [3.8, 4) is 48.6 Å². The molecule has 0 spiro atoms. The second kappa shape index (κ2) is 21.1. The molecule has 0 bridgehead atoms. The molecule has 0 aliphatic rings. The van der Waals surface area contributed by atoms with Gasteiger partial charge in [0.1, 0.15) is 70.8 Å². The number of nitrogens with zero attached hydrogens (tertiary/aromatic N) is 8. The minimum atomic E-state index is 0.00187. The number of nitriles is 8. The Morgan fingerprint density at radius 2 is 0.403 bits per heavy atom. The number of thiophene rings is 4. The molecule has 0 aliphatic heterocycles. The third kappa shape index (κ3) is 9.05. The van der Waals surface area contributed by atoms with Gasteiger partial charge in [0.15, 0.2) is 0 Å². The third-order valence-corrected chi connectivity index (χ3v) is 16.1. The van der Waals surface area contributed by atoms with E-state index in [0.29, 0.717) is 20.9 Å². The van der Waals surface area contributed by atoms with E-state index < -0.39 is 0 Å².